The van der Waals surface area contributed by atoms with E-state index < -0.39 is 5.82 Å². The molecule has 4 nitrogen and oxygen atoms in total. The maximum absolute atomic E-state index is 13.9. The van der Waals surface area contributed by atoms with Gasteiger partial charge in [-0.25, -0.2) is 4.39 Å². The molecule has 0 spiro atoms. The third kappa shape index (κ3) is 3.43. The van der Waals surface area contributed by atoms with Crippen LogP contribution in [0.1, 0.15) is 35.2 Å². The van der Waals surface area contributed by atoms with Gasteiger partial charge in [-0.15, -0.1) is 0 Å². The van der Waals surface area contributed by atoms with Crippen molar-refractivity contribution in [3.8, 4) is 5.75 Å². The summed E-state index contributed by atoms with van der Waals surface area (Å²) in [6.07, 6.45) is 0.265. The highest BCUT2D eigenvalue weighted by Crippen LogP contribution is 2.39. The number of anilines is 1. The number of ketones is 1. The van der Waals surface area contributed by atoms with E-state index in [4.69, 9.17) is 4.74 Å². The Balaban J connectivity index is 1.72. The van der Waals surface area contributed by atoms with Crippen LogP contribution in [0, 0.1) is 9.39 Å². The molecule has 1 aliphatic rings. The first-order valence-corrected chi connectivity index (χ1v) is 8.57. The number of benzene rings is 2. The Morgan fingerprint density at radius 2 is 2.17 bits per heavy atom. The Morgan fingerprint density at radius 1 is 1.38 bits per heavy atom. The molecule has 0 aromatic heterocycles. The van der Waals surface area contributed by atoms with Gasteiger partial charge in [0.15, 0.2) is 12.4 Å². The topological polar surface area (TPSA) is 55.4 Å². The second-order valence-electron chi connectivity index (χ2n) is 5.71. The molecule has 0 fully saturated rings. The monoisotopic (exact) mass is 439 g/mol. The zero-order valence-electron chi connectivity index (χ0n) is 12.9. The number of halogens is 2. The Labute approximate surface area is 152 Å². The molecule has 2 aromatic carbocycles. The number of hydrogen-bond acceptors (Lipinski definition) is 3. The summed E-state index contributed by atoms with van der Waals surface area (Å²) in [6, 6.07) is 10.1. The first-order chi connectivity index (χ1) is 11.5. The SMILES string of the molecule is CC1CC(=O)c2c(OCC(=O)Nc3cccc(I)c3)ccc(F)c21. The number of carbonyl (C=O) groups is 2. The second-order valence-corrected chi connectivity index (χ2v) is 6.96. The van der Waals surface area contributed by atoms with Gasteiger partial charge in [0.05, 0.1) is 5.56 Å². The number of carbonyl (C=O) groups excluding carboxylic acids is 2. The van der Waals surface area contributed by atoms with Crippen LogP contribution in [0.15, 0.2) is 36.4 Å². The van der Waals surface area contributed by atoms with Gasteiger partial charge in [0.2, 0.25) is 0 Å². The van der Waals surface area contributed by atoms with Crippen LogP contribution in [0.3, 0.4) is 0 Å². The molecule has 6 heteroatoms. The first kappa shape index (κ1) is 16.9. The van der Waals surface area contributed by atoms with E-state index in [0.717, 1.165) is 3.57 Å². The van der Waals surface area contributed by atoms with Crippen molar-refractivity contribution < 1.29 is 18.7 Å². The van der Waals surface area contributed by atoms with Crippen molar-refractivity contribution in [3.05, 3.63) is 56.9 Å². The molecule has 0 aliphatic heterocycles. The van der Waals surface area contributed by atoms with Gasteiger partial charge in [0.25, 0.3) is 5.91 Å². The van der Waals surface area contributed by atoms with Crippen LogP contribution in [-0.2, 0) is 4.79 Å². The van der Waals surface area contributed by atoms with Gasteiger partial charge in [0.1, 0.15) is 11.6 Å². The number of rotatable bonds is 4. The molecule has 0 saturated carbocycles. The predicted octanol–water partition coefficient (Wildman–Crippen LogP) is 4.14. The van der Waals surface area contributed by atoms with E-state index in [1.54, 1.807) is 13.0 Å². The number of nitrogens with one attached hydrogen (secondary N) is 1. The highest BCUT2D eigenvalue weighted by atomic mass is 127. The second kappa shape index (κ2) is 6.88. The minimum Gasteiger partial charge on any atom is -0.483 e. The Kier molecular flexibility index (Phi) is 4.84. The molecular formula is C18H15FINO3. The van der Waals surface area contributed by atoms with Gasteiger partial charge in [-0.3, -0.25) is 9.59 Å². The van der Waals surface area contributed by atoms with E-state index in [2.05, 4.69) is 27.9 Å². The third-order valence-electron chi connectivity index (χ3n) is 3.88. The minimum absolute atomic E-state index is 0.148. The highest BCUT2D eigenvalue weighted by Gasteiger charge is 2.32. The molecule has 2 aromatic rings. The quantitative estimate of drug-likeness (QED) is 0.729. The Hall–Kier alpha value is -1.96. The van der Waals surface area contributed by atoms with Crippen molar-refractivity contribution in [1.29, 1.82) is 0 Å². The fourth-order valence-corrected chi connectivity index (χ4v) is 3.40. The number of Topliss-reactive ketones (excluding diaryl/α,β-unsaturated/α-hetero) is 1. The smallest absolute Gasteiger partial charge is 0.262 e. The van der Waals surface area contributed by atoms with Crippen molar-refractivity contribution in [1.82, 2.24) is 0 Å². The number of hydrogen-bond donors (Lipinski definition) is 1. The van der Waals surface area contributed by atoms with E-state index in [1.165, 1.54) is 12.1 Å². The third-order valence-corrected chi connectivity index (χ3v) is 4.56. The standard InChI is InChI=1S/C18H15FINO3/c1-10-7-14(22)18-15(6-5-13(19)17(10)18)24-9-16(23)21-12-4-2-3-11(20)8-12/h2-6,8,10H,7,9H2,1H3,(H,21,23). The summed E-state index contributed by atoms with van der Waals surface area (Å²) in [5.74, 6) is -0.799. The van der Waals surface area contributed by atoms with Crippen LogP contribution in [0.2, 0.25) is 0 Å². The van der Waals surface area contributed by atoms with Crippen LogP contribution >= 0.6 is 22.6 Å². The van der Waals surface area contributed by atoms with Gasteiger partial charge in [0, 0.05) is 21.2 Å². The lowest BCUT2D eigenvalue weighted by Gasteiger charge is -2.12. The largest absolute Gasteiger partial charge is 0.483 e. The molecule has 1 aliphatic carbocycles. The summed E-state index contributed by atoms with van der Waals surface area (Å²) in [5.41, 5.74) is 1.32. The van der Waals surface area contributed by atoms with Crippen molar-refractivity contribution in [2.24, 2.45) is 0 Å². The maximum atomic E-state index is 13.9. The van der Waals surface area contributed by atoms with Gasteiger partial charge < -0.3 is 10.1 Å². The van der Waals surface area contributed by atoms with E-state index in [-0.39, 0.29) is 41.9 Å². The molecule has 3 rings (SSSR count). The summed E-state index contributed by atoms with van der Waals surface area (Å²) < 4.78 is 20.4. The minimum atomic E-state index is -0.404. The van der Waals surface area contributed by atoms with Crippen LogP contribution in [0.4, 0.5) is 10.1 Å². The van der Waals surface area contributed by atoms with Crippen molar-refractivity contribution >= 4 is 40.0 Å². The maximum Gasteiger partial charge on any atom is 0.262 e. The molecule has 24 heavy (non-hydrogen) atoms. The predicted molar refractivity (Wildman–Crippen MR) is 97.0 cm³/mol. The summed E-state index contributed by atoms with van der Waals surface area (Å²) in [6.45, 7) is 1.56. The molecule has 1 unspecified atom stereocenters. The molecular weight excluding hydrogens is 424 g/mol. The molecule has 0 bridgehead atoms. The summed E-state index contributed by atoms with van der Waals surface area (Å²) in [5, 5.41) is 2.72. The summed E-state index contributed by atoms with van der Waals surface area (Å²) in [4.78, 5) is 24.1. The molecule has 124 valence electrons. The summed E-state index contributed by atoms with van der Waals surface area (Å²) in [7, 11) is 0. The van der Waals surface area contributed by atoms with Gasteiger partial charge in [-0.2, -0.15) is 0 Å². The molecule has 0 saturated heterocycles. The number of fused-ring (bicyclic) bond motifs is 1. The fourth-order valence-electron chi connectivity index (χ4n) is 2.85. The van der Waals surface area contributed by atoms with E-state index >= 15 is 0 Å². The Bertz CT molecular complexity index is 822. The van der Waals surface area contributed by atoms with Crippen molar-refractivity contribution in [3.63, 3.8) is 0 Å². The average molecular weight is 439 g/mol. The summed E-state index contributed by atoms with van der Waals surface area (Å²) >= 11 is 2.15. The van der Waals surface area contributed by atoms with Crippen LogP contribution in [0.5, 0.6) is 5.75 Å². The van der Waals surface area contributed by atoms with Crippen molar-refractivity contribution in [2.75, 3.05) is 11.9 Å². The van der Waals surface area contributed by atoms with Gasteiger partial charge in [-0.1, -0.05) is 13.0 Å². The molecule has 0 heterocycles. The van der Waals surface area contributed by atoms with Crippen LogP contribution < -0.4 is 10.1 Å². The Morgan fingerprint density at radius 3 is 2.92 bits per heavy atom. The lowest BCUT2D eigenvalue weighted by atomic mass is 10.0. The van der Waals surface area contributed by atoms with Crippen LogP contribution in [0.25, 0.3) is 0 Å². The van der Waals surface area contributed by atoms with Gasteiger partial charge >= 0.3 is 0 Å². The highest BCUT2D eigenvalue weighted by molar-refractivity contribution is 14.1. The van der Waals surface area contributed by atoms with E-state index in [9.17, 15) is 14.0 Å². The number of amides is 1. The molecule has 0 radical (unpaired) electrons. The molecule has 1 N–H and O–H groups in total. The normalized spacial score (nSPS) is 16.0. The van der Waals surface area contributed by atoms with E-state index in [1.807, 2.05) is 18.2 Å². The van der Waals surface area contributed by atoms with Crippen molar-refractivity contribution in [2.45, 2.75) is 19.3 Å². The molecule has 1 amide bonds. The van der Waals surface area contributed by atoms with Gasteiger partial charge in [-0.05, 0) is 58.8 Å². The van der Waals surface area contributed by atoms with E-state index in [0.29, 0.717) is 11.3 Å². The van der Waals surface area contributed by atoms with Crippen LogP contribution in [-0.4, -0.2) is 18.3 Å². The first-order valence-electron chi connectivity index (χ1n) is 7.49. The molecule has 1 atom stereocenters. The number of ether oxygens (including phenoxy) is 1. The lowest BCUT2D eigenvalue weighted by Crippen LogP contribution is -2.20. The fraction of sp³-hybridized carbons (Fsp3) is 0.222. The zero-order chi connectivity index (χ0) is 17.3. The lowest BCUT2D eigenvalue weighted by molar-refractivity contribution is -0.118. The average Bonchev–Trinajstić information content (AvgIpc) is 2.83. The zero-order valence-corrected chi connectivity index (χ0v) is 15.1.